The fourth-order valence-electron chi connectivity index (χ4n) is 1.84. The highest BCUT2D eigenvalue weighted by Gasteiger charge is 2.26. The first-order chi connectivity index (χ1) is 8.19. The lowest BCUT2D eigenvalue weighted by Crippen LogP contribution is -2.33. The number of aromatic nitrogens is 2. The molecule has 5 nitrogen and oxygen atoms in total. The normalized spacial score (nSPS) is 23.0. The molecular formula is C11H17ClN4O. The van der Waals surface area contributed by atoms with E-state index in [9.17, 15) is 5.11 Å². The first-order valence-electron chi connectivity index (χ1n) is 5.87. The molecule has 0 spiro atoms. The number of anilines is 2. The Kier molecular flexibility index (Phi) is 4.02. The highest BCUT2D eigenvalue weighted by molar-refractivity contribution is 6.32. The predicted octanol–water partition coefficient (Wildman–Crippen LogP) is 1.74. The summed E-state index contributed by atoms with van der Waals surface area (Å²) in [4.78, 5) is 8.35. The van der Waals surface area contributed by atoms with Gasteiger partial charge in [0.25, 0.3) is 0 Å². The van der Waals surface area contributed by atoms with Gasteiger partial charge in [0.05, 0.1) is 12.3 Å². The maximum atomic E-state index is 9.19. The molecule has 0 amide bonds. The van der Waals surface area contributed by atoms with Crippen LogP contribution in [0.2, 0.25) is 5.02 Å². The van der Waals surface area contributed by atoms with Crippen LogP contribution in [0.1, 0.15) is 19.8 Å². The monoisotopic (exact) mass is 256 g/mol. The molecule has 1 aliphatic carbocycles. The van der Waals surface area contributed by atoms with Crippen molar-refractivity contribution in [1.29, 1.82) is 0 Å². The van der Waals surface area contributed by atoms with Gasteiger partial charge in [-0.1, -0.05) is 11.6 Å². The van der Waals surface area contributed by atoms with Gasteiger partial charge in [0.1, 0.15) is 10.8 Å². The van der Waals surface area contributed by atoms with E-state index in [1.54, 1.807) is 6.20 Å². The lowest BCUT2D eigenvalue weighted by atomic mass is 9.82. The van der Waals surface area contributed by atoms with Gasteiger partial charge in [0.2, 0.25) is 5.95 Å². The topological polar surface area (TPSA) is 70.1 Å². The highest BCUT2D eigenvalue weighted by Crippen LogP contribution is 2.28. The number of nitrogens with one attached hydrogen (secondary N) is 2. The number of halogens is 1. The summed E-state index contributed by atoms with van der Waals surface area (Å²) in [7, 11) is 0. The molecule has 1 aromatic heterocycles. The molecule has 0 atom stereocenters. The van der Waals surface area contributed by atoms with Crippen molar-refractivity contribution < 1.29 is 5.11 Å². The molecule has 1 heterocycles. The molecule has 3 N–H and O–H groups in total. The van der Waals surface area contributed by atoms with Crippen LogP contribution in [-0.2, 0) is 0 Å². The van der Waals surface area contributed by atoms with E-state index in [0.717, 1.165) is 25.9 Å². The first kappa shape index (κ1) is 12.4. The summed E-state index contributed by atoms with van der Waals surface area (Å²) in [5.74, 6) is 1.74. The third-order valence-electron chi connectivity index (χ3n) is 2.85. The predicted molar refractivity (Wildman–Crippen MR) is 68.4 cm³/mol. The number of nitrogens with zero attached hydrogens (tertiary/aromatic N) is 2. The van der Waals surface area contributed by atoms with E-state index in [1.165, 1.54) is 0 Å². The Hall–Kier alpha value is -1.07. The number of hydrogen-bond acceptors (Lipinski definition) is 5. The van der Waals surface area contributed by atoms with Gasteiger partial charge in [-0.3, -0.25) is 0 Å². The number of rotatable bonds is 5. The average molecular weight is 257 g/mol. The Labute approximate surface area is 106 Å². The zero-order chi connectivity index (χ0) is 12.3. The molecule has 6 heteroatoms. The third-order valence-corrected chi connectivity index (χ3v) is 3.12. The quantitative estimate of drug-likeness (QED) is 0.749. The molecule has 2 rings (SSSR count). The van der Waals surface area contributed by atoms with Crippen molar-refractivity contribution in [2.75, 3.05) is 23.7 Å². The molecule has 0 bridgehead atoms. The number of hydrogen-bond donors (Lipinski definition) is 3. The van der Waals surface area contributed by atoms with Crippen LogP contribution in [0.15, 0.2) is 6.20 Å². The van der Waals surface area contributed by atoms with E-state index < -0.39 is 0 Å². The summed E-state index contributed by atoms with van der Waals surface area (Å²) in [5, 5.41) is 16.0. The van der Waals surface area contributed by atoms with Crippen LogP contribution in [0.25, 0.3) is 0 Å². The molecule has 0 aromatic carbocycles. The summed E-state index contributed by atoms with van der Waals surface area (Å²) in [5.41, 5.74) is 0. The third kappa shape index (κ3) is 3.20. The molecule has 1 aromatic rings. The fraction of sp³-hybridized carbons (Fsp3) is 0.636. The summed E-state index contributed by atoms with van der Waals surface area (Å²) in [6.45, 7) is 3.55. The lowest BCUT2D eigenvalue weighted by molar-refractivity contribution is 0.0486. The lowest BCUT2D eigenvalue weighted by Gasteiger charge is -2.31. The molecule has 17 heavy (non-hydrogen) atoms. The van der Waals surface area contributed by atoms with Gasteiger partial charge in [0.15, 0.2) is 0 Å². The van der Waals surface area contributed by atoms with Gasteiger partial charge < -0.3 is 15.7 Å². The SMILES string of the molecule is CCNc1ncc(Cl)c(NCC2CC(O)C2)n1. The van der Waals surface area contributed by atoms with E-state index in [4.69, 9.17) is 11.6 Å². The van der Waals surface area contributed by atoms with Crippen LogP contribution >= 0.6 is 11.6 Å². The van der Waals surface area contributed by atoms with Crippen molar-refractivity contribution in [2.24, 2.45) is 5.92 Å². The van der Waals surface area contributed by atoms with Gasteiger partial charge in [-0.2, -0.15) is 4.98 Å². The van der Waals surface area contributed by atoms with Crippen molar-refractivity contribution in [3.63, 3.8) is 0 Å². The van der Waals surface area contributed by atoms with Crippen molar-refractivity contribution in [1.82, 2.24) is 9.97 Å². The zero-order valence-electron chi connectivity index (χ0n) is 9.78. The summed E-state index contributed by atoms with van der Waals surface area (Å²) < 4.78 is 0. The Morgan fingerprint density at radius 2 is 2.24 bits per heavy atom. The maximum Gasteiger partial charge on any atom is 0.224 e. The Bertz CT molecular complexity index is 382. The second-order valence-electron chi connectivity index (χ2n) is 4.29. The molecule has 94 valence electrons. The molecule has 0 unspecified atom stereocenters. The molecule has 0 aliphatic heterocycles. The van der Waals surface area contributed by atoms with Gasteiger partial charge in [-0.05, 0) is 25.7 Å². The van der Waals surface area contributed by atoms with Crippen molar-refractivity contribution in [3.05, 3.63) is 11.2 Å². The standard InChI is InChI=1S/C11H17ClN4O/c1-2-13-11-15-6-9(12)10(16-11)14-5-7-3-8(17)4-7/h6-8,17H,2-5H2,1H3,(H2,13,14,15,16). The minimum absolute atomic E-state index is 0.125. The first-order valence-corrected chi connectivity index (χ1v) is 6.25. The fourth-order valence-corrected chi connectivity index (χ4v) is 2.00. The van der Waals surface area contributed by atoms with Gasteiger partial charge in [0, 0.05) is 13.1 Å². The molecule has 0 saturated heterocycles. The average Bonchev–Trinajstić information content (AvgIpc) is 2.27. The van der Waals surface area contributed by atoms with E-state index >= 15 is 0 Å². The minimum atomic E-state index is -0.125. The van der Waals surface area contributed by atoms with Crippen LogP contribution in [0.4, 0.5) is 11.8 Å². The maximum absolute atomic E-state index is 9.19. The summed E-state index contributed by atoms with van der Waals surface area (Å²) in [6, 6.07) is 0. The van der Waals surface area contributed by atoms with Gasteiger partial charge >= 0.3 is 0 Å². The van der Waals surface area contributed by atoms with Crippen molar-refractivity contribution in [3.8, 4) is 0 Å². The Morgan fingerprint density at radius 1 is 1.47 bits per heavy atom. The van der Waals surface area contributed by atoms with E-state index in [-0.39, 0.29) is 6.10 Å². The van der Waals surface area contributed by atoms with Gasteiger partial charge in [-0.25, -0.2) is 4.98 Å². The van der Waals surface area contributed by atoms with E-state index in [0.29, 0.717) is 22.7 Å². The molecule has 1 aliphatic rings. The Morgan fingerprint density at radius 3 is 2.88 bits per heavy atom. The van der Waals surface area contributed by atoms with Crippen LogP contribution in [0.5, 0.6) is 0 Å². The second-order valence-corrected chi connectivity index (χ2v) is 4.70. The highest BCUT2D eigenvalue weighted by atomic mass is 35.5. The Balaban J connectivity index is 1.92. The molecule has 1 fully saturated rings. The smallest absolute Gasteiger partial charge is 0.224 e. The van der Waals surface area contributed by atoms with Crippen molar-refractivity contribution in [2.45, 2.75) is 25.9 Å². The van der Waals surface area contributed by atoms with Crippen LogP contribution in [0.3, 0.4) is 0 Å². The largest absolute Gasteiger partial charge is 0.393 e. The summed E-state index contributed by atoms with van der Waals surface area (Å²) >= 11 is 6.01. The molecule has 0 radical (unpaired) electrons. The van der Waals surface area contributed by atoms with E-state index in [2.05, 4.69) is 20.6 Å². The second kappa shape index (κ2) is 5.51. The summed E-state index contributed by atoms with van der Waals surface area (Å²) in [6.07, 6.45) is 3.18. The number of aliphatic hydroxyl groups is 1. The van der Waals surface area contributed by atoms with Crippen LogP contribution in [0, 0.1) is 5.92 Å². The number of aliphatic hydroxyl groups excluding tert-OH is 1. The van der Waals surface area contributed by atoms with Crippen LogP contribution < -0.4 is 10.6 Å². The van der Waals surface area contributed by atoms with Crippen molar-refractivity contribution >= 4 is 23.4 Å². The van der Waals surface area contributed by atoms with Gasteiger partial charge in [-0.15, -0.1) is 0 Å². The van der Waals surface area contributed by atoms with Crippen LogP contribution in [-0.4, -0.2) is 34.3 Å². The molecular weight excluding hydrogens is 240 g/mol. The van der Waals surface area contributed by atoms with E-state index in [1.807, 2.05) is 6.92 Å². The minimum Gasteiger partial charge on any atom is -0.393 e. The zero-order valence-corrected chi connectivity index (χ0v) is 10.5. The molecule has 1 saturated carbocycles.